The molecule has 1 aliphatic heterocycles. The van der Waals surface area contributed by atoms with E-state index in [1.54, 1.807) is 7.11 Å². The molecule has 3 atom stereocenters. The van der Waals surface area contributed by atoms with Crippen molar-refractivity contribution in [3.05, 3.63) is 71.3 Å². The largest absolute Gasteiger partial charge is 0.369 e. The van der Waals surface area contributed by atoms with Gasteiger partial charge >= 0.3 is 0 Å². The van der Waals surface area contributed by atoms with Crippen LogP contribution in [0.15, 0.2) is 54.6 Å². The molecule has 0 saturated carbocycles. The van der Waals surface area contributed by atoms with E-state index in [4.69, 9.17) is 13.9 Å². The minimum Gasteiger partial charge on any atom is -0.369 e. The lowest BCUT2D eigenvalue weighted by Gasteiger charge is -2.43. The number of hydrogen-bond acceptors (Lipinski definition) is 4. The molecule has 3 rings (SSSR count). The molecule has 1 heterocycles. The molecule has 0 N–H and O–H groups in total. The van der Waals surface area contributed by atoms with Crippen molar-refractivity contribution in [2.45, 2.75) is 69.7 Å². The summed E-state index contributed by atoms with van der Waals surface area (Å²) in [6.07, 6.45) is 0.594. The summed E-state index contributed by atoms with van der Waals surface area (Å²) < 4.78 is 19.5. The fraction of sp³-hybridized carbons (Fsp3) is 0.480. The Hall–Kier alpha value is -1.97. The molecule has 160 valence electrons. The molecule has 0 amide bonds. The first-order chi connectivity index (χ1) is 14.0. The first-order valence-electron chi connectivity index (χ1n) is 10.5. The van der Waals surface area contributed by atoms with Gasteiger partial charge in [0, 0.05) is 19.4 Å². The van der Waals surface area contributed by atoms with Gasteiger partial charge in [0.15, 0.2) is 8.32 Å². The van der Waals surface area contributed by atoms with Crippen LogP contribution in [0, 0.1) is 11.3 Å². The van der Waals surface area contributed by atoms with Crippen molar-refractivity contribution in [3.63, 3.8) is 0 Å². The van der Waals surface area contributed by atoms with Crippen molar-refractivity contribution in [1.82, 2.24) is 0 Å². The molecule has 3 unspecified atom stereocenters. The number of rotatable bonds is 5. The number of nitrogens with zero attached hydrogens (tertiary/aromatic N) is 1. The molecule has 1 saturated heterocycles. The van der Waals surface area contributed by atoms with Crippen LogP contribution in [0.4, 0.5) is 0 Å². The van der Waals surface area contributed by atoms with E-state index in [1.165, 1.54) is 5.56 Å². The predicted molar refractivity (Wildman–Crippen MR) is 121 cm³/mol. The van der Waals surface area contributed by atoms with Gasteiger partial charge in [0.2, 0.25) is 0 Å². The van der Waals surface area contributed by atoms with Crippen LogP contribution in [0.1, 0.15) is 56.7 Å². The summed E-state index contributed by atoms with van der Waals surface area (Å²) in [5.74, 6) is -1.08. The zero-order chi connectivity index (χ0) is 22.2. The SMILES string of the molecule is COC1(O[Si](C)(C)C(C)(C)C)CC(c2ccccc2)C(C)(c2ccc(C#N)cc2)O1. The van der Waals surface area contributed by atoms with Crippen LogP contribution in [0.25, 0.3) is 0 Å². The molecule has 0 aromatic heterocycles. The number of ether oxygens (including phenoxy) is 2. The Labute approximate surface area is 181 Å². The van der Waals surface area contributed by atoms with Gasteiger partial charge < -0.3 is 13.9 Å². The van der Waals surface area contributed by atoms with E-state index in [2.05, 4.69) is 71.1 Å². The second-order valence-corrected chi connectivity index (χ2v) is 14.5. The van der Waals surface area contributed by atoms with Crippen LogP contribution < -0.4 is 0 Å². The van der Waals surface area contributed by atoms with Crippen molar-refractivity contribution in [2.24, 2.45) is 0 Å². The van der Waals surface area contributed by atoms with Gasteiger partial charge in [0.1, 0.15) is 5.60 Å². The van der Waals surface area contributed by atoms with E-state index in [0.29, 0.717) is 12.0 Å². The van der Waals surface area contributed by atoms with E-state index >= 15 is 0 Å². The lowest BCUT2D eigenvalue weighted by Crippen LogP contribution is -2.51. The Morgan fingerprint density at radius 2 is 1.67 bits per heavy atom. The van der Waals surface area contributed by atoms with E-state index < -0.39 is 19.9 Å². The molecule has 4 nitrogen and oxygen atoms in total. The normalized spacial score (nSPS) is 27.1. The molecular weight excluding hydrogens is 390 g/mol. The Bertz CT molecular complexity index is 914. The third-order valence-electron chi connectivity index (χ3n) is 6.80. The molecular formula is C25H33NO3Si. The van der Waals surface area contributed by atoms with Crippen LogP contribution in [-0.2, 0) is 19.5 Å². The van der Waals surface area contributed by atoms with Gasteiger partial charge in [-0.05, 0) is 48.3 Å². The third kappa shape index (κ3) is 4.10. The van der Waals surface area contributed by atoms with Crippen LogP contribution in [0.2, 0.25) is 18.1 Å². The van der Waals surface area contributed by atoms with Gasteiger partial charge in [0.05, 0.1) is 11.6 Å². The fourth-order valence-corrected chi connectivity index (χ4v) is 5.20. The second kappa shape index (κ2) is 7.94. The summed E-state index contributed by atoms with van der Waals surface area (Å²) >= 11 is 0. The Kier molecular flexibility index (Phi) is 6.01. The first-order valence-corrected chi connectivity index (χ1v) is 13.4. The Balaban J connectivity index is 2.08. The summed E-state index contributed by atoms with van der Waals surface area (Å²) in [7, 11) is -0.499. The second-order valence-electron chi connectivity index (χ2n) is 9.82. The topological polar surface area (TPSA) is 51.5 Å². The maximum atomic E-state index is 9.20. The van der Waals surface area contributed by atoms with Crippen molar-refractivity contribution in [1.29, 1.82) is 5.26 Å². The van der Waals surface area contributed by atoms with Crippen molar-refractivity contribution in [3.8, 4) is 6.07 Å². The van der Waals surface area contributed by atoms with E-state index in [0.717, 1.165) is 5.56 Å². The molecule has 1 aliphatic rings. The molecule has 0 bridgehead atoms. The highest BCUT2D eigenvalue weighted by molar-refractivity contribution is 6.74. The Morgan fingerprint density at radius 3 is 2.17 bits per heavy atom. The van der Waals surface area contributed by atoms with Crippen molar-refractivity contribution in [2.75, 3.05) is 7.11 Å². The summed E-state index contributed by atoms with van der Waals surface area (Å²) in [6.45, 7) is 13.2. The third-order valence-corrected chi connectivity index (χ3v) is 11.2. The van der Waals surface area contributed by atoms with Gasteiger partial charge in [-0.3, -0.25) is 0 Å². The molecule has 30 heavy (non-hydrogen) atoms. The lowest BCUT2D eigenvalue weighted by atomic mass is 9.78. The highest BCUT2D eigenvalue weighted by Crippen LogP contribution is 2.56. The van der Waals surface area contributed by atoms with Gasteiger partial charge in [0.25, 0.3) is 5.97 Å². The molecule has 1 fully saturated rings. The summed E-state index contributed by atoms with van der Waals surface area (Å²) in [4.78, 5) is 0. The molecule has 0 spiro atoms. The van der Waals surface area contributed by atoms with Crippen molar-refractivity contribution >= 4 is 8.32 Å². The summed E-state index contributed by atoms with van der Waals surface area (Å²) in [5, 5.41) is 9.22. The molecule has 2 aromatic carbocycles. The minimum absolute atomic E-state index is 0.0254. The average molecular weight is 424 g/mol. The van der Waals surface area contributed by atoms with E-state index in [-0.39, 0.29) is 11.0 Å². The number of nitriles is 1. The monoisotopic (exact) mass is 423 g/mol. The van der Waals surface area contributed by atoms with Gasteiger partial charge in [-0.25, -0.2) is 0 Å². The van der Waals surface area contributed by atoms with Crippen LogP contribution in [-0.4, -0.2) is 21.4 Å². The Morgan fingerprint density at radius 1 is 1.07 bits per heavy atom. The molecule has 0 radical (unpaired) electrons. The van der Waals surface area contributed by atoms with Gasteiger partial charge in [-0.1, -0.05) is 63.2 Å². The number of methoxy groups -OCH3 is 1. The smallest absolute Gasteiger partial charge is 0.274 e. The highest BCUT2D eigenvalue weighted by Gasteiger charge is 2.59. The standard InChI is InChI=1S/C25H33NO3Si/c1-23(2,3)30(6,7)29-25(27-5)17-22(20-11-9-8-10-12-20)24(4,28-25)21-15-13-19(18-26)14-16-21/h8-16,22H,17H2,1-7H3. The quantitative estimate of drug-likeness (QED) is 0.418. The molecule has 5 heteroatoms. The van der Waals surface area contributed by atoms with Crippen LogP contribution >= 0.6 is 0 Å². The fourth-order valence-electron chi connectivity index (χ4n) is 3.91. The zero-order valence-corrected chi connectivity index (χ0v) is 20.2. The molecule has 2 aromatic rings. The number of benzene rings is 2. The summed E-state index contributed by atoms with van der Waals surface area (Å²) in [5.41, 5.74) is 2.16. The molecule has 0 aliphatic carbocycles. The first kappa shape index (κ1) is 22.7. The minimum atomic E-state index is -2.17. The van der Waals surface area contributed by atoms with Crippen LogP contribution in [0.5, 0.6) is 0 Å². The van der Waals surface area contributed by atoms with Gasteiger partial charge in [-0.2, -0.15) is 5.26 Å². The van der Waals surface area contributed by atoms with E-state index in [9.17, 15) is 5.26 Å². The maximum Gasteiger partial charge on any atom is 0.274 e. The van der Waals surface area contributed by atoms with Crippen molar-refractivity contribution < 1.29 is 13.9 Å². The average Bonchev–Trinajstić information content (AvgIpc) is 3.01. The predicted octanol–water partition coefficient (Wildman–Crippen LogP) is 6.30. The zero-order valence-electron chi connectivity index (χ0n) is 19.2. The van der Waals surface area contributed by atoms with E-state index in [1.807, 2.05) is 30.3 Å². The van der Waals surface area contributed by atoms with Gasteiger partial charge in [-0.15, -0.1) is 0 Å². The number of hydrogen-bond donors (Lipinski definition) is 0. The maximum absolute atomic E-state index is 9.20. The van der Waals surface area contributed by atoms with Crippen LogP contribution in [0.3, 0.4) is 0 Å². The highest BCUT2D eigenvalue weighted by atomic mass is 28.4. The lowest BCUT2D eigenvalue weighted by molar-refractivity contribution is -0.345. The summed E-state index contributed by atoms with van der Waals surface area (Å²) in [6, 6.07) is 20.2.